The van der Waals surface area contributed by atoms with Crippen molar-refractivity contribution in [1.82, 2.24) is 9.97 Å². The predicted octanol–water partition coefficient (Wildman–Crippen LogP) is 5.92. The summed E-state index contributed by atoms with van der Waals surface area (Å²) < 4.78 is 0. The fourth-order valence-electron chi connectivity index (χ4n) is 4.20. The minimum Gasteiger partial charge on any atom is -0.354 e. The maximum Gasteiger partial charge on any atom is 0.197 e. The molecule has 0 radical (unpaired) electrons. The molecule has 0 aliphatic carbocycles. The Bertz CT molecular complexity index is 1470. The number of benzene rings is 3. The average Bonchev–Trinajstić information content (AvgIpc) is 2.73. The summed E-state index contributed by atoms with van der Waals surface area (Å²) in [7, 11) is 0. The Morgan fingerprint density at radius 2 is 0.900 bits per heavy atom. The van der Waals surface area contributed by atoms with Crippen LogP contribution in [0.2, 0.25) is 0 Å². The van der Waals surface area contributed by atoms with Gasteiger partial charge in [-0.25, -0.2) is 0 Å². The molecule has 4 nitrogen and oxygen atoms in total. The SMILES string of the molecule is CC(C)c1ccc2[nH]c3cc4c(=O)c5cc(C(C)C)ccc5[nH]c4cc3c(=O)c2c1. The van der Waals surface area contributed by atoms with Gasteiger partial charge in [0.1, 0.15) is 0 Å². The van der Waals surface area contributed by atoms with Crippen LogP contribution in [-0.4, -0.2) is 9.97 Å². The molecule has 0 aliphatic heterocycles. The average molecular weight is 396 g/mol. The summed E-state index contributed by atoms with van der Waals surface area (Å²) in [4.78, 5) is 33.2. The van der Waals surface area contributed by atoms with Gasteiger partial charge in [0.15, 0.2) is 10.9 Å². The zero-order valence-corrected chi connectivity index (χ0v) is 17.6. The summed E-state index contributed by atoms with van der Waals surface area (Å²) >= 11 is 0. The van der Waals surface area contributed by atoms with Crippen LogP contribution in [0.15, 0.2) is 58.1 Å². The van der Waals surface area contributed by atoms with Gasteiger partial charge in [0.2, 0.25) is 0 Å². The maximum atomic E-state index is 13.3. The largest absolute Gasteiger partial charge is 0.354 e. The molecule has 4 heteroatoms. The minimum absolute atomic E-state index is 0.0146. The first-order valence-corrected chi connectivity index (χ1v) is 10.4. The molecule has 5 aromatic rings. The molecule has 30 heavy (non-hydrogen) atoms. The summed E-state index contributed by atoms with van der Waals surface area (Å²) in [6.45, 7) is 8.46. The van der Waals surface area contributed by atoms with Crippen molar-refractivity contribution < 1.29 is 0 Å². The fourth-order valence-corrected chi connectivity index (χ4v) is 4.20. The van der Waals surface area contributed by atoms with Crippen LogP contribution in [0.5, 0.6) is 0 Å². The van der Waals surface area contributed by atoms with Crippen molar-refractivity contribution in [3.05, 3.63) is 80.1 Å². The lowest BCUT2D eigenvalue weighted by Gasteiger charge is -2.10. The molecule has 0 fully saturated rings. The topological polar surface area (TPSA) is 65.7 Å². The lowest BCUT2D eigenvalue weighted by Crippen LogP contribution is -2.09. The number of pyridine rings is 2. The third kappa shape index (κ3) is 2.75. The quantitative estimate of drug-likeness (QED) is 0.364. The van der Waals surface area contributed by atoms with Crippen molar-refractivity contribution in [2.45, 2.75) is 39.5 Å². The van der Waals surface area contributed by atoms with Crippen LogP contribution < -0.4 is 10.9 Å². The summed E-state index contributed by atoms with van der Waals surface area (Å²) in [5.74, 6) is 0.694. The standard InChI is InChI=1S/C26H24N2O2/c1-13(2)15-5-7-21-17(9-15)25(29)19-11-24-20(12-23(19)27-21)26(30)18-10-16(14(3)4)6-8-22(18)28-24/h5-14H,1-4H3,(H,27,29)(H,28,30). The number of aromatic nitrogens is 2. The zero-order valence-electron chi connectivity index (χ0n) is 17.6. The third-order valence-corrected chi connectivity index (χ3v) is 6.10. The summed E-state index contributed by atoms with van der Waals surface area (Å²) in [6, 6.07) is 15.6. The fraction of sp³-hybridized carbons (Fsp3) is 0.231. The van der Waals surface area contributed by atoms with Crippen LogP contribution in [0.4, 0.5) is 0 Å². The highest BCUT2D eigenvalue weighted by molar-refractivity contribution is 6.02. The van der Waals surface area contributed by atoms with Crippen molar-refractivity contribution in [2.75, 3.05) is 0 Å². The first-order chi connectivity index (χ1) is 14.3. The molecule has 0 saturated heterocycles. The molecule has 0 atom stereocenters. The second-order valence-electron chi connectivity index (χ2n) is 8.77. The van der Waals surface area contributed by atoms with Crippen LogP contribution in [0.3, 0.4) is 0 Å². The lowest BCUT2D eigenvalue weighted by molar-refractivity contribution is 0.868. The number of aromatic amines is 2. The van der Waals surface area contributed by atoms with E-state index in [0.717, 1.165) is 22.2 Å². The van der Waals surface area contributed by atoms with E-state index in [9.17, 15) is 9.59 Å². The second-order valence-corrected chi connectivity index (χ2v) is 8.77. The molecule has 0 saturated carbocycles. The van der Waals surface area contributed by atoms with E-state index in [-0.39, 0.29) is 10.9 Å². The highest BCUT2D eigenvalue weighted by Gasteiger charge is 2.13. The van der Waals surface area contributed by atoms with Gasteiger partial charge in [-0.2, -0.15) is 0 Å². The van der Waals surface area contributed by atoms with Crippen molar-refractivity contribution in [3.8, 4) is 0 Å². The van der Waals surface area contributed by atoms with Gasteiger partial charge in [0.25, 0.3) is 0 Å². The Morgan fingerprint density at radius 1 is 0.533 bits per heavy atom. The molecule has 0 unspecified atom stereocenters. The summed E-state index contributed by atoms with van der Waals surface area (Å²) in [6.07, 6.45) is 0. The van der Waals surface area contributed by atoms with Crippen LogP contribution in [0.25, 0.3) is 43.6 Å². The van der Waals surface area contributed by atoms with Crippen LogP contribution in [0, 0.1) is 0 Å². The molecule has 0 aliphatic rings. The van der Waals surface area contributed by atoms with Crippen molar-refractivity contribution in [3.63, 3.8) is 0 Å². The van der Waals surface area contributed by atoms with Crippen molar-refractivity contribution in [1.29, 1.82) is 0 Å². The molecule has 0 amide bonds. The van der Waals surface area contributed by atoms with Crippen LogP contribution >= 0.6 is 0 Å². The number of hydrogen-bond acceptors (Lipinski definition) is 2. The highest BCUT2D eigenvalue weighted by Crippen LogP contribution is 2.25. The van der Waals surface area contributed by atoms with Crippen molar-refractivity contribution >= 4 is 43.6 Å². The van der Waals surface area contributed by atoms with E-state index < -0.39 is 0 Å². The first-order valence-electron chi connectivity index (χ1n) is 10.4. The molecular weight excluding hydrogens is 372 g/mol. The van der Waals surface area contributed by atoms with Crippen molar-refractivity contribution in [2.24, 2.45) is 0 Å². The number of H-pyrrole nitrogens is 2. The Hall–Kier alpha value is -3.40. The van der Waals surface area contributed by atoms with E-state index in [1.54, 1.807) is 0 Å². The minimum atomic E-state index is -0.0146. The normalized spacial score (nSPS) is 12.2. The van der Waals surface area contributed by atoms with E-state index in [2.05, 4.69) is 37.7 Å². The van der Waals surface area contributed by atoms with Crippen LogP contribution in [0.1, 0.15) is 50.7 Å². The van der Waals surface area contributed by atoms with E-state index in [4.69, 9.17) is 0 Å². The van der Waals surface area contributed by atoms with E-state index in [1.165, 1.54) is 0 Å². The van der Waals surface area contributed by atoms with Crippen LogP contribution in [-0.2, 0) is 0 Å². The Kier molecular flexibility index (Phi) is 4.07. The molecular formula is C26H24N2O2. The Morgan fingerprint density at radius 3 is 1.27 bits per heavy atom. The molecule has 5 rings (SSSR count). The van der Waals surface area contributed by atoms with Gasteiger partial charge < -0.3 is 9.97 Å². The van der Waals surface area contributed by atoms with E-state index >= 15 is 0 Å². The lowest BCUT2D eigenvalue weighted by atomic mass is 9.98. The molecule has 150 valence electrons. The number of fused-ring (bicyclic) bond motifs is 4. The van der Waals surface area contributed by atoms with Gasteiger partial charge in [-0.3, -0.25) is 9.59 Å². The van der Waals surface area contributed by atoms with E-state index in [0.29, 0.717) is 44.4 Å². The molecule has 2 N–H and O–H groups in total. The maximum absolute atomic E-state index is 13.3. The van der Waals surface area contributed by atoms with Gasteiger partial charge in [-0.05, 0) is 59.4 Å². The monoisotopic (exact) mass is 396 g/mol. The predicted molar refractivity (Wildman–Crippen MR) is 126 cm³/mol. The van der Waals surface area contributed by atoms with E-state index in [1.807, 2.05) is 48.5 Å². The molecule has 3 aromatic carbocycles. The Labute approximate surface area is 173 Å². The first kappa shape index (κ1) is 18.6. The van der Waals surface area contributed by atoms with Gasteiger partial charge in [0.05, 0.1) is 11.0 Å². The number of nitrogens with one attached hydrogen (secondary N) is 2. The highest BCUT2D eigenvalue weighted by atomic mass is 16.1. The second kappa shape index (κ2) is 6.56. The zero-order chi connectivity index (χ0) is 21.2. The smallest absolute Gasteiger partial charge is 0.197 e. The number of hydrogen-bond donors (Lipinski definition) is 2. The van der Waals surface area contributed by atoms with Gasteiger partial charge in [-0.15, -0.1) is 0 Å². The number of rotatable bonds is 2. The molecule has 0 bridgehead atoms. The Balaban J connectivity index is 1.87. The third-order valence-electron chi connectivity index (χ3n) is 6.10. The van der Waals surface area contributed by atoms with Gasteiger partial charge >= 0.3 is 0 Å². The molecule has 2 heterocycles. The molecule has 0 spiro atoms. The molecule has 2 aromatic heterocycles. The van der Waals surface area contributed by atoms with Gasteiger partial charge in [0, 0.05) is 32.6 Å². The summed E-state index contributed by atoms with van der Waals surface area (Å²) in [5, 5.41) is 2.53. The summed E-state index contributed by atoms with van der Waals surface area (Å²) in [5.41, 5.74) is 5.18. The van der Waals surface area contributed by atoms with Gasteiger partial charge in [-0.1, -0.05) is 39.8 Å².